The number of thiazole rings is 1. The lowest BCUT2D eigenvalue weighted by atomic mass is 10.3. The van der Waals surface area contributed by atoms with Crippen LogP contribution in [0.15, 0.2) is 17.7 Å². The molecule has 0 radical (unpaired) electrons. The summed E-state index contributed by atoms with van der Waals surface area (Å²) in [4.78, 5) is 19.2. The zero-order valence-corrected chi connectivity index (χ0v) is 13.6. The minimum Gasteiger partial charge on any atom is -0.379 e. The number of carbonyl (C=O) groups excluding carboxylic acids is 1. The summed E-state index contributed by atoms with van der Waals surface area (Å²) >= 11 is 7.58. The Morgan fingerprint density at radius 2 is 2.32 bits per heavy atom. The second kappa shape index (κ2) is 7.23. The third-order valence-corrected chi connectivity index (χ3v) is 4.51. The number of hydrogen-bond donors (Lipinski definition) is 1. The average Bonchev–Trinajstić information content (AvgIpc) is 3.07. The molecule has 1 amide bonds. The molecular weight excluding hydrogens is 324 g/mol. The molecule has 0 aromatic carbocycles. The predicted octanol–water partition coefficient (Wildman–Crippen LogP) is 1.51. The molecule has 6 nitrogen and oxygen atoms in total. The molecule has 0 bridgehead atoms. The molecule has 0 unspecified atom stereocenters. The molecule has 0 atom stereocenters. The number of fused-ring (bicyclic) bond motifs is 1. The third kappa shape index (κ3) is 3.67. The molecule has 1 N–H and O–H groups in total. The maximum absolute atomic E-state index is 11.9. The van der Waals surface area contributed by atoms with Gasteiger partial charge in [0.05, 0.1) is 18.9 Å². The first-order valence-corrected chi connectivity index (χ1v) is 8.37. The summed E-state index contributed by atoms with van der Waals surface area (Å²) in [6.45, 7) is 4.84. The van der Waals surface area contributed by atoms with E-state index in [2.05, 4.69) is 15.2 Å². The molecule has 0 aliphatic carbocycles. The Balaban J connectivity index is 1.50. The van der Waals surface area contributed by atoms with Crippen LogP contribution in [0.25, 0.3) is 11.0 Å². The Morgan fingerprint density at radius 3 is 3.14 bits per heavy atom. The van der Waals surface area contributed by atoms with Gasteiger partial charge in [0.25, 0.3) is 0 Å². The number of morpholine rings is 1. The van der Waals surface area contributed by atoms with Gasteiger partial charge in [-0.3, -0.25) is 14.1 Å². The normalized spacial score (nSPS) is 16.6. The standard InChI is InChI=1S/C14H17ClN4O2S/c15-13-11(19-7-10-22-14(19)17-13)1-2-12(20)16-3-4-18-5-8-21-9-6-18/h1-2,7,10H,3-6,8-9H2,(H,16,20)/b2-1+. The molecule has 3 heterocycles. The van der Waals surface area contributed by atoms with Crippen LogP contribution in [0.2, 0.25) is 5.15 Å². The fraction of sp³-hybridized carbons (Fsp3) is 0.429. The number of imidazole rings is 1. The number of halogens is 1. The molecular formula is C14H17ClN4O2S. The Morgan fingerprint density at radius 1 is 1.50 bits per heavy atom. The fourth-order valence-corrected chi connectivity index (χ4v) is 3.31. The van der Waals surface area contributed by atoms with Crippen molar-refractivity contribution in [2.24, 2.45) is 0 Å². The van der Waals surface area contributed by atoms with Gasteiger partial charge in [0.2, 0.25) is 5.91 Å². The second-order valence-corrected chi connectivity index (χ2v) is 6.15. The lowest BCUT2D eigenvalue weighted by Crippen LogP contribution is -2.41. The van der Waals surface area contributed by atoms with Gasteiger partial charge in [-0.2, -0.15) is 0 Å². The van der Waals surface area contributed by atoms with Crippen molar-refractivity contribution in [2.75, 3.05) is 39.4 Å². The van der Waals surface area contributed by atoms with Crippen LogP contribution >= 0.6 is 22.9 Å². The molecule has 1 aliphatic heterocycles. The SMILES string of the molecule is O=C(/C=C/c1c(Cl)nc2sccn12)NCCN1CCOCC1. The van der Waals surface area contributed by atoms with Gasteiger partial charge in [0, 0.05) is 43.8 Å². The number of ether oxygens (including phenoxy) is 1. The van der Waals surface area contributed by atoms with E-state index >= 15 is 0 Å². The first-order chi connectivity index (χ1) is 10.7. The van der Waals surface area contributed by atoms with E-state index in [-0.39, 0.29) is 5.91 Å². The van der Waals surface area contributed by atoms with Gasteiger partial charge in [0.15, 0.2) is 10.1 Å². The Kier molecular flexibility index (Phi) is 5.09. The molecule has 118 valence electrons. The highest BCUT2D eigenvalue weighted by molar-refractivity contribution is 7.15. The predicted molar refractivity (Wildman–Crippen MR) is 87.4 cm³/mol. The third-order valence-electron chi connectivity index (χ3n) is 3.48. The molecule has 8 heteroatoms. The summed E-state index contributed by atoms with van der Waals surface area (Å²) in [7, 11) is 0. The number of nitrogens with one attached hydrogen (secondary N) is 1. The number of rotatable bonds is 5. The zero-order valence-electron chi connectivity index (χ0n) is 12.0. The molecule has 1 saturated heterocycles. The van der Waals surface area contributed by atoms with Crippen molar-refractivity contribution in [3.63, 3.8) is 0 Å². The molecule has 0 spiro atoms. The Hall–Kier alpha value is -1.41. The summed E-state index contributed by atoms with van der Waals surface area (Å²) in [6, 6.07) is 0. The number of hydrogen-bond acceptors (Lipinski definition) is 5. The quantitative estimate of drug-likeness (QED) is 0.838. The van der Waals surface area contributed by atoms with Crippen LogP contribution in [0.3, 0.4) is 0 Å². The molecule has 1 aliphatic rings. The Bertz CT molecular complexity index is 675. The summed E-state index contributed by atoms with van der Waals surface area (Å²) in [5.41, 5.74) is 0.723. The summed E-state index contributed by atoms with van der Waals surface area (Å²) in [5.74, 6) is -0.130. The van der Waals surface area contributed by atoms with E-state index < -0.39 is 0 Å². The van der Waals surface area contributed by atoms with Crippen molar-refractivity contribution < 1.29 is 9.53 Å². The lowest BCUT2D eigenvalue weighted by Gasteiger charge is -2.26. The molecule has 2 aromatic rings. The van der Waals surface area contributed by atoms with Crippen molar-refractivity contribution in [1.29, 1.82) is 0 Å². The van der Waals surface area contributed by atoms with Gasteiger partial charge in [-0.25, -0.2) is 4.98 Å². The molecule has 1 fully saturated rings. The van der Waals surface area contributed by atoms with Gasteiger partial charge in [-0.05, 0) is 6.08 Å². The van der Waals surface area contributed by atoms with Crippen molar-refractivity contribution in [3.05, 3.63) is 28.5 Å². The fourth-order valence-electron chi connectivity index (χ4n) is 2.30. The van der Waals surface area contributed by atoms with Crippen LogP contribution in [0.1, 0.15) is 5.69 Å². The average molecular weight is 341 g/mol. The van der Waals surface area contributed by atoms with Crippen LogP contribution in [-0.2, 0) is 9.53 Å². The van der Waals surface area contributed by atoms with Gasteiger partial charge >= 0.3 is 0 Å². The highest BCUT2D eigenvalue weighted by atomic mass is 35.5. The number of amides is 1. The van der Waals surface area contributed by atoms with Crippen LogP contribution < -0.4 is 5.32 Å². The Labute approximate surface area is 137 Å². The summed E-state index contributed by atoms with van der Waals surface area (Å²) in [6.07, 6.45) is 5.07. The lowest BCUT2D eigenvalue weighted by molar-refractivity contribution is -0.116. The maximum Gasteiger partial charge on any atom is 0.244 e. The minimum absolute atomic E-state index is 0.130. The highest BCUT2D eigenvalue weighted by Crippen LogP contribution is 2.22. The second-order valence-electron chi connectivity index (χ2n) is 4.92. The first-order valence-electron chi connectivity index (χ1n) is 7.11. The van der Waals surface area contributed by atoms with Gasteiger partial charge in [-0.1, -0.05) is 11.6 Å². The van der Waals surface area contributed by atoms with Crippen molar-refractivity contribution >= 4 is 39.9 Å². The number of aromatic nitrogens is 2. The minimum atomic E-state index is -0.130. The van der Waals surface area contributed by atoms with Crippen LogP contribution in [0.5, 0.6) is 0 Å². The van der Waals surface area contributed by atoms with E-state index in [0.29, 0.717) is 11.7 Å². The van der Waals surface area contributed by atoms with Crippen LogP contribution in [0, 0.1) is 0 Å². The first kappa shape index (κ1) is 15.5. The monoisotopic (exact) mass is 340 g/mol. The van der Waals surface area contributed by atoms with E-state index in [0.717, 1.165) is 43.5 Å². The van der Waals surface area contributed by atoms with E-state index in [1.54, 1.807) is 6.08 Å². The van der Waals surface area contributed by atoms with Gasteiger partial charge in [-0.15, -0.1) is 11.3 Å². The summed E-state index contributed by atoms with van der Waals surface area (Å²) < 4.78 is 7.15. The topological polar surface area (TPSA) is 58.9 Å². The van der Waals surface area contributed by atoms with Crippen molar-refractivity contribution in [2.45, 2.75) is 0 Å². The van der Waals surface area contributed by atoms with Crippen molar-refractivity contribution in [3.8, 4) is 0 Å². The van der Waals surface area contributed by atoms with Gasteiger partial charge < -0.3 is 10.1 Å². The smallest absolute Gasteiger partial charge is 0.244 e. The van der Waals surface area contributed by atoms with Crippen LogP contribution in [0.4, 0.5) is 0 Å². The van der Waals surface area contributed by atoms with E-state index in [1.165, 1.54) is 17.4 Å². The van der Waals surface area contributed by atoms with E-state index in [1.807, 2.05) is 16.0 Å². The van der Waals surface area contributed by atoms with Crippen molar-refractivity contribution in [1.82, 2.24) is 19.6 Å². The number of nitrogens with zero attached hydrogens (tertiary/aromatic N) is 3. The van der Waals surface area contributed by atoms with E-state index in [9.17, 15) is 4.79 Å². The largest absolute Gasteiger partial charge is 0.379 e. The maximum atomic E-state index is 11.9. The highest BCUT2D eigenvalue weighted by Gasteiger charge is 2.10. The summed E-state index contributed by atoms with van der Waals surface area (Å²) in [5, 5.41) is 5.21. The van der Waals surface area contributed by atoms with Gasteiger partial charge in [0.1, 0.15) is 0 Å². The van der Waals surface area contributed by atoms with E-state index in [4.69, 9.17) is 16.3 Å². The number of carbonyl (C=O) groups is 1. The molecule has 2 aromatic heterocycles. The molecule has 22 heavy (non-hydrogen) atoms. The zero-order chi connectivity index (χ0) is 15.4. The molecule has 0 saturated carbocycles. The van der Waals surface area contributed by atoms with Crippen LogP contribution in [-0.4, -0.2) is 59.6 Å². The molecule has 3 rings (SSSR count).